The average molecular weight is 327 g/mol. The maximum atomic E-state index is 5.95. The predicted octanol–water partition coefficient (Wildman–Crippen LogP) is 5.16. The number of rotatable bonds is 9. The van der Waals surface area contributed by atoms with Gasteiger partial charge in [-0.2, -0.15) is 0 Å². The molecule has 0 radical (unpaired) electrons. The summed E-state index contributed by atoms with van der Waals surface area (Å²) in [6, 6.07) is 16.4. The number of benzene rings is 2. The predicted molar refractivity (Wildman–Crippen MR) is 101 cm³/mol. The molecule has 0 fully saturated rings. The summed E-state index contributed by atoms with van der Waals surface area (Å²) < 4.78 is 11.7. The molecule has 0 aliphatic carbocycles. The average Bonchev–Trinajstić information content (AvgIpc) is 2.59. The summed E-state index contributed by atoms with van der Waals surface area (Å²) in [5.41, 5.74) is 2.37. The van der Waals surface area contributed by atoms with Crippen LogP contribution in [-0.4, -0.2) is 19.3 Å². The molecule has 2 aromatic carbocycles. The molecule has 1 unspecified atom stereocenters. The Kier molecular flexibility index (Phi) is 6.98. The molecular weight excluding hydrogens is 298 g/mol. The molecule has 0 aromatic heterocycles. The Morgan fingerprint density at radius 3 is 2.38 bits per heavy atom. The molecule has 0 aliphatic rings. The van der Waals surface area contributed by atoms with E-state index in [1.807, 2.05) is 36.4 Å². The van der Waals surface area contributed by atoms with E-state index in [4.69, 9.17) is 9.47 Å². The minimum Gasteiger partial charge on any atom is -0.493 e. The van der Waals surface area contributed by atoms with E-state index in [9.17, 15) is 0 Å². The number of anilines is 1. The van der Waals surface area contributed by atoms with Crippen LogP contribution in [-0.2, 0) is 6.42 Å². The summed E-state index contributed by atoms with van der Waals surface area (Å²) in [4.78, 5) is 0. The first-order chi connectivity index (χ1) is 11.6. The second-order valence-corrected chi connectivity index (χ2v) is 6.54. The Balaban J connectivity index is 1.82. The standard InChI is InChI=1S/C21H29NO2/c1-5-18-9-11-20(12-10-18)24-17(4)14-22-19-7-6-8-21(13-19)23-15-16(2)3/h6-13,16-17,22H,5,14-15H2,1-4H3. The van der Waals surface area contributed by atoms with Crippen molar-refractivity contribution in [1.29, 1.82) is 0 Å². The van der Waals surface area contributed by atoms with Gasteiger partial charge in [0.1, 0.15) is 17.6 Å². The zero-order chi connectivity index (χ0) is 17.4. The fourth-order valence-electron chi connectivity index (χ4n) is 2.30. The van der Waals surface area contributed by atoms with E-state index in [0.29, 0.717) is 5.92 Å². The quantitative estimate of drug-likeness (QED) is 0.690. The lowest BCUT2D eigenvalue weighted by molar-refractivity contribution is 0.234. The van der Waals surface area contributed by atoms with Gasteiger partial charge in [0.2, 0.25) is 0 Å². The van der Waals surface area contributed by atoms with Gasteiger partial charge in [0.25, 0.3) is 0 Å². The molecule has 0 amide bonds. The first kappa shape index (κ1) is 18.2. The van der Waals surface area contributed by atoms with Gasteiger partial charge in [0.15, 0.2) is 0 Å². The van der Waals surface area contributed by atoms with Gasteiger partial charge in [0.05, 0.1) is 13.2 Å². The third kappa shape index (κ3) is 6.15. The van der Waals surface area contributed by atoms with Crippen LogP contribution in [0.1, 0.15) is 33.3 Å². The molecule has 3 nitrogen and oxygen atoms in total. The number of nitrogens with one attached hydrogen (secondary N) is 1. The highest BCUT2D eigenvalue weighted by Crippen LogP contribution is 2.19. The van der Waals surface area contributed by atoms with Crippen molar-refractivity contribution in [1.82, 2.24) is 0 Å². The van der Waals surface area contributed by atoms with Crippen LogP contribution in [0.25, 0.3) is 0 Å². The van der Waals surface area contributed by atoms with Gasteiger partial charge in [-0.25, -0.2) is 0 Å². The van der Waals surface area contributed by atoms with Crippen LogP contribution in [0.2, 0.25) is 0 Å². The summed E-state index contributed by atoms with van der Waals surface area (Å²) in [6.07, 6.45) is 1.13. The first-order valence-corrected chi connectivity index (χ1v) is 8.79. The monoisotopic (exact) mass is 327 g/mol. The lowest BCUT2D eigenvalue weighted by Crippen LogP contribution is -2.22. The Bertz CT molecular complexity index is 607. The molecule has 0 spiro atoms. The Morgan fingerprint density at radius 2 is 1.71 bits per heavy atom. The van der Waals surface area contributed by atoms with Crippen LogP contribution in [0.15, 0.2) is 48.5 Å². The maximum Gasteiger partial charge on any atom is 0.121 e. The fraction of sp³-hybridized carbons (Fsp3) is 0.429. The molecule has 1 atom stereocenters. The van der Waals surface area contributed by atoms with Gasteiger partial charge >= 0.3 is 0 Å². The van der Waals surface area contributed by atoms with E-state index in [1.54, 1.807) is 0 Å². The Morgan fingerprint density at radius 1 is 0.958 bits per heavy atom. The lowest BCUT2D eigenvalue weighted by Gasteiger charge is -2.17. The van der Waals surface area contributed by atoms with Gasteiger partial charge in [0, 0.05) is 11.8 Å². The number of ether oxygens (including phenoxy) is 2. The van der Waals surface area contributed by atoms with E-state index in [-0.39, 0.29) is 6.10 Å². The lowest BCUT2D eigenvalue weighted by atomic mass is 10.2. The minimum atomic E-state index is 0.0812. The smallest absolute Gasteiger partial charge is 0.121 e. The van der Waals surface area contributed by atoms with Crippen molar-refractivity contribution in [3.63, 3.8) is 0 Å². The number of hydrogen-bond donors (Lipinski definition) is 1. The summed E-state index contributed by atoms with van der Waals surface area (Å²) in [5, 5.41) is 3.41. The summed E-state index contributed by atoms with van der Waals surface area (Å²) >= 11 is 0. The summed E-state index contributed by atoms with van der Waals surface area (Å²) in [7, 11) is 0. The molecule has 24 heavy (non-hydrogen) atoms. The van der Waals surface area contributed by atoms with Gasteiger partial charge in [-0.3, -0.25) is 0 Å². The van der Waals surface area contributed by atoms with Crippen molar-refractivity contribution in [2.75, 3.05) is 18.5 Å². The third-order valence-corrected chi connectivity index (χ3v) is 3.68. The molecule has 3 heteroatoms. The summed E-state index contributed by atoms with van der Waals surface area (Å²) in [5.74, 6) is 2.34. The zero-order valence-electron chi connectivity index (χ0n) is 15.2. The summed E-state index contributed by atoms with van der Waals surface area (Å²) in [6.45, 7) is 9.99. The van der Waals surface area contributed by atoms with Crippen LogP contribution in [0.4, 0.5) is 5.69 Å². The molecule has 0 saturated carbocycles. The van der Waals surface area contributed by atoms with Crippen LogP contribution in [0.5, 0.6) is 11.5 Å². The van der Waals surface area contributed by atoms with Crippen LogP contribution in [0.3, 0.4) is 0 Å². The van der Waals surface area contributed by atoms with Gasteiger partial charge < -0.3 is 14.8 Å². The molecule has 0 aliphatic heterocycles. The van der Waals surface area contributed by atoms with Crippen LogP contribution >= 0.6 is 0 Å². The second-order valence-electron chi connectivity index (χ2n) is 6.54. The van der Waals surface area contributed by atoms with Crippen molar-refractivity contribution in [2.45, 2.75) is 40.2 Å². The van der Waals surface area contributed by atoms with E-state index < -0.39 is 0 Å². The molecule has 0 bridgehead atoms. The minimum absolute atomic E-state index is 0.0812. The van der Waals surface area contributed by atoms with Crippen molar-refractivity contribution < 1.29 is 9.47 Å². The third-order valence-electron chi connectivity index (χ3n) is 3.68. The highest BCUT2D eigenvalue weighted by molar-refractivity contribution is 5.48. The molecular formula is C21H29NO2. The Hall–Kier alpha value is -2.16. The molecule has 130 valence electrons. The zero-order valence-corrected chi connectivity index (χ0v) is 15.2. The van der Waals surface area contributed by atoms with Crippen molar-refractivity contribution in [3.8, 4) is 11.5 Å². The normalized spacial score (nSPS) is 12.0. The molecule has 0 heterocycles. The number of hydrogen-bond acceptors (Lipinski definition) is 3. The van der Waals surface area contributed by atoms with Crippen molar-refractivity contribution in [2.24, 2.45) is 5.92 Å². The molecule has 2 rings (SSSR count). The first-order valence-electron chi connectivity index (χ1n) is 8.79. The Labute approximate surface area is 146 Å². The number of aryl methyl sites for hydroxylation is 1. The largest absolute Gasteiger partial charge is 0.493 e. The topological polar surface area (TPSA) is 30.5 Å². The maximum absolute atomic E-state index is 5.95. The van der Waals surface area contributed by atoms with Crippen LogP contribution < -0.4 is 14.8 Å². The fourth-order valence-corrected chi connectivity index (χ4v) is 2.30. The van der Waals surface area contributed by atoms with E-state index >= 15 is 0 Å². The van der Waals surface area contributed by atoms with E-state index in [0.717, 1.165) is 36.8 Å². The molecule has 0 saturated heterocycles. The van der Waals surface area contributed by atoms with E-state index in [1.165, 1.54) is 5.56 Å². The van der Waals surface area contributed by atoms with Gasteiger partial charge in [-0.1, -0.05) is 39.0 Å². The van der Waals surface area contributed by atoms with Gasteiger partial charge in [-0.15, -0.1) is 0 Å². The van der Waals surface area contributed by atoms with E-state index in [2.05, 4.69) is 45.1 Å². The SMILES string of the molecule is CCc1ccc(OC(C)CNc2cccc(OCC(C)C)c2)cc1. The van der Waals surface area contributed by atoms with Crippen molar-refractivity contribution in [3.05, 3.63) is 54.1 Å². The molecule has 2 aromatic rings. The molecule has 1 N–H and O–H groups in total. The highest BCUT2D eigenvalue weighted by Gasteiger charge is 2.05. The highest BCUT2D eigenvalue weighted by atomic mass is 16.5. The van der Waals surface area contributed by atoms with Crippen LogP contribution in [0, 0.1) is 5.92 Å². The van der Waals surface area contributed by atoms with Gasteiger partial charge in [-0.05, 0) is 49.1 Å². The van der Waals surface area contributed by atoms with Crippen molar-refractivity contribution >= 4 is 5.69 Å². The second kappa shape index (κ2) is 9.21.